The zero-order valence-corrected chi connectivity index (χ0v) is 21.4. The molecule has 0 amide bonds. The monoisotopic (exact) mass is 472 g/mol. The Morgan fingerprint density at radius 1 is 1.21 bits per heavy atom. The van der Waals surface area contributed by atoms with Gasteiger partial charge in [0.15, 0.2) is 0 Å². The Hall–Kier alpha value is -2.11. The summed E-state index contributed by atoms with van der Waals surface area (Å²) in [4.78, 5) is 11.3. The number of esters is 1. The van der Waals surface area contributed by atoms with E-state index in [0.29, 0.717) is 19.3 Å². The summed E-state index contributed by atoms with van der Waals surface area (Å²) in [7, 11) is 1.40. The van der Waals surface area contributed by atoms with Gasteiger partial charge in [0.05, 0.1) is 19.3 Å². The summed E-state index contributed by atoms with van der Waals surface area (Å²) in [5.74, 6) is 0.658. The highest BCUT2D eigenvalue weighted by atomic mass is 16.5. The molecule has 1 fully saturated rings. The van der Waals surface area contributed by atoms with Gasteiger partial charge in [0.1, 0.15) is 11.9 Å². The third kappa shape index (κ3) is 8.92. The number of benzene rings is 1. The number of aliphatic hydroxyl groups excluding tert-OH is 2. The van der Waals surface area contributed by atoms with Gasteiger partial charge in [0, 0.05) is 24.7 Å². The maximum Gasteiger partial charge on any atom is 0.305 e. The number of methoxy groups -OCH3 is 1. The van der Waals surface area contributed by atoms with Crippen molar-refractivity contribution >= 4 is 5.97 Å². The lowest BCUT2D eigenvalue weighted by molar-refractivity contribution is -0.140. The van der Waals surface area contributed by atoms with Crippen LogP contribution < -0.4 is 4.74 Å². The Morgan fingerprint density at radius 3 is 2.59 bits per heavy atom. The molecule has 2 N–H and O–H groups in total. The van der Waals surface area contributed by atoms with E-state index < -0.39 is 12.2 Å². The fraction of sp³-hybridized carbons (Fsp3) is 0.621. The summed E-state index contributed by atoms with van der Waals surface area (Å²) < 4.78 is 11.0. The first kappa shape index (κ1) is 28.1. The number of hydrogen-bond donors (Lipinski definition) is 2. The van der Waals surface area contributed by atoms with Crippen molar-refractivity contribution in [2.24, 2.45) is 17.3 Å². The van der Waals surface area contributed by atoms with E-state index in [1.54, 1.807) is 0 Å². The van der Waals surface area contributed by atoms with Crippen LogP contribution in [0.4, 0.5) is 0 Å². The number of para-hydroxylation sites is 1. The predicted octanol–water partition coefficient (Wildman–Crippen LogP) is 5.85. The van der Waals surface area contributed by atoms with E-state index in [2.05, 4.69) is 31.6 Å². The van der Waals surface area contributed by atoms with Crippen LogP contribution in [0.1, 0.15) is 72.1 Å². The van der Waals surface area contributed by atoms with Crippen LogP contribution in [0.25, 0.3) is 0 Å². The van der Waals surface area contributed by atoms with Gasteiger partial charge in [-0.05, 0) is 43.2 Å². The van der Waals surface area contributed by atoms with E-state index in [0.717, 1.165) is 37.9 Å². The zero-order chi connectivity index (χ0) is 25.0. The number of hydrogen-bond acceptors (Lipinski definition) is 5. The first-order chi connectivity index (χ1) is 16.3. The van der Waals surface area contributed by atoms with Crippen LogP contribution in [0.15, 0.2) is 54.6 Å². The molecule has 1 unspecified atom stereocenters. The average molecular weight is 473 g/mol. The molecule has 0 saturated heterocycles. The fourth-order valence-electron chi connectivity index (χ4n) is 4.66. The van der Waals surface area contributed by atoms with Gasteiger partial charge in [0.25, 0.3) is 0 Å². The third-order valence-corrected chi connectivity index (χ3v) is 6.99. The second-order valence-electron chi connectivity index (χ2n) is 10.1. The highest BCUT2D eigenvalue weighted by Gasteiger charge is 2.42. The van der Waals surface area contributed by atoms with E-state index >= 15 is 0 Å². The number of allylic oxidation sites excluding steroid dienone is 2. The summed E-state index contributed by atoms with van der Waals surface area (Å²) >= 11 is 0. The topological polar surface area (TPSA) is 76.0 Å². The van der Waals surface area contributed by atoms with Crippen molar-refractivity contribution in [1.82, 2.24) is 0 Å². The lowest BCUT2D eigenvalue weighted by Gasteiger charge is -2.29. The minimum Gasteiger partial charge on any atom is -0.490 e. The smallest absolute Gasteiger partial charge is 0.305 e. The number of carbonyl (C=O) groups is 1. The summed E-state index contributed by atoms with van der Waals surface area (Å²) in [6.45, 7) is 6.36. The maximum atomic E-state index is 11.3. The summed E-state index contributed by atoms with van der Waals surface area (Å²) in [6, 6.07) is 9.75. The molecule has 34 heavy (non-hydrogen) atoms. The molecule has 190 valence electrons. The summed E-state index contributed by atoms with van der Waals surface area (Å²) in [5.41, 5.74) is -0.201. The van der Waals surface area contributed by atoms with Crippen molar-refractivity contribution in [2.75, 3.05) is 7.11 Å². The second kappa shape index (κ2) is 14.3. The van der Waals surface area contributed by atoms with Gasteiger partial charge in [-0.2, -0.15) is 0 Å². The molecule has 1 aromatic carbocycles. The number of rotatable bonds is 14. The molecule has 1 aromatic rings. The van der Waals surface area contributed by atoms with E-state index in [9.17, 15) is 15.0 Å². The molecular weight excluding hydrogens is 428 g/mol. The highest BCUT2D eigenvalue weighted by molar-refractivity contribution is 5.69. The van der Waals surface area contributed by atoms with Gasteiger partial charge < -0.3 is 19.7 Å². The van der Waals surface area contributed by atoms with Gasteiger partial charge in [-0.1, -0.05) is 76.1 Å². The van der Waals surface area contributed by atoms with Crippen LogP contribution in [0.3, 0.4) is 0 Å². The largest absolute Gasteiger partial charge is 0.490 e. The molecule has 0 aromatic heterocycles. The molecule has 0 radical (unpaired) electrons. The fourth-order valence-corrected chi connectivity index (χ4v) is 4.66. The van der Waals surface area contributed by atoms with Crippen molar-refractivity contribution in [1.29, 1.82) is 0 Å². The minimum absolute atomic E-state index is 0.0752. The Kier molecular flexibility index (Phi) is 11.9. The van der Waals surface area contributed by atoms with Crippen LogP contribution in [-0.4, -0.2) is 41.6 Å². The van der Waals surface area contributed by atoms with Crippen LogP contribution in [-0.2, 0) is 9.53 Å². The van der Waals surface area contributed by atoms with E-state index in [4.69, 9.17) is 4.74 Å². The first-order valence-corrected chi connectivity index (χ1v) is 12.8. The van der Waals surface area contributed by atoms with E-state index in [1.165, 1.54) is 7.11 Å². The quantitative estimate of drug-likeness (QED) is 0.262. The SMILES string of the molecule is CCCCC(C)(C)C(O)/C=C/[C@@H]1[C@@H](CC/C=C\CCC(=O)OC)[C@H](Oc2ccccc2)C[C@H]1O. The van der Waals surface area contributed by atoms with Gasteiger partial charge in [-0.15, -0.1) is 0 Å². The molecule has 5 heteroatoms. The number of unbranched alkanes of at least 4 members (excludes halogenated alkanes) is 1. The summed E-state index contributed by atoms with van der Waals surface area (Å²) in [5, 5.41) is 21.7. The number of carbonyl (C=O) groups excluding carboxylic acids is 1. The van der Waals surface area contributed by atoms with Crippen LogP contribution in [0.2, 0.25) is 0 Å². The lowest BCUT2D eigenvalue weighted by atomic mass is 9.80. The Morgan fingerprint density at radius 2 is 1.91 bits per heavy atom. The molecule has 2 rings (SSSR count). The van der Waals surface area contributed by atoms with Crippen LogP contribution in [0, 0.1) is 17.3 Å². The standard InChI is InChI=1S/C29H44O5/c1-5-6-20-29(2,3)27(31)19-18-23-24(16-12-7-8-13-17-28(32)33-4)26(21-25(23)30)34-22-14-10-9-11-15-22/h7-11,14-15,18-19,23-27,30-31H,5-6,12-13,16-17,20-21H2,1-4H3/b8-7-,19-18+/t23-,24-,25-,26-,27?/m1/s1. The van der Waals surface area contributed by atoms with Gasteiger partial charge >= 0.3 is 5.97 Å². The predicted molar refractivity (Wildman–Crippen MR) is 137 cm³/mol. The zero-order valence-electron chi connectivity index (χ0n) is 21.4. The highest BCUT2D eigenvalue weighted by Crippen LogP contribution is 2.40. The minimum atomic E-state index is -0.556. The third-order valence-electron chi connectivity index (χ3n) is 6.99. The second-order valence-corrected chi connectivity index (χ2v) is 10.1. The molecule has 5 atom stereocenters. The Labute approximate surface area is 205 Å². The normalized spacial score (nSPS) is 24.1. The molecule has 1 aliphatic rings. The number of aliphatic hydroxyl groups is 2. The van der Waals surface area contributed by atoms with Crippen LogP contribution >= 0.6 is 0 Å². The van der Waals surface area contributed by atoms with Crippen molar-refractivity contribution in [3.63, 3.8) is 0 Å². The molecule has 0 bridgehead atoms. The van der Waals surface area contributed by atoms with Crippen molar-refractivity contribution in [3.8, 4) is 5.75 Å². The average Bonchev–Trinajstić information content (AvgIpc) is 3.12. The van der Waals surface area contributed by atoms with Crippen molar-refractivity contribution in [2.45, 2.75) is 90.4 Å². The molecular formula is C29H44O5. The van der Waals surface area contributed by atoms with Gasteiger partial charge in [-0.25, -0.2) is 0 Å². The van der Waals surface area contributed by atoms with E-state index in [1.807, 2.05) is 48.6 Å². The van der Waals surface area contributed by atoms with E-state index in [-0.39, 0.29) is 29.3 Å². The molecule has 0 heterocycles. The number of ether oxygens (including phenoxy) is 2. The Balaban J connectivity index is 2.07. The molecule has 0 aliphatic heterocycles. The van der Waals surface area contributed by atoms with Crippen LogP contribution in [0.5, 0.6) is 5.75 Å². The Bertz CT molecular complexity index is 770. The molecule has 1 saturated carbocycles. The molecule has 1 aliphatic carbocycles. The van der Waals surface area contributed by atoms with Crippen molar-refractivity contribution in [3.05, 3.63) is 54.6 Å². The maximum absolute atomic E-state index is 11.3. The summed E-state index contributed by atoms with van der Waals surface area (Å²) in [6.07, 6.45) is 13.3. The molecule has 5 nitrogen and oxygen atoms in total. The lowest BCUT2D eigenvalue weighted by Crippen LogP contribution is -2.29. The van der Waals surface area contributed by atoms with Gasteiger partial charge in [0.2, 0.25) is 0 Å². The first-order valence-electron chi connectivity index (χ1n) is 12.8. The van der Waals surface area contributed by atoms with Crippen molar-refractivity contribution < 1.29 is 24.5 Å². The van der Waals surface area contributed by atoms with Gasteiger partial charge in [-0.3, -0.25) is 4.79 Å². The molecule has 0 spiro atoms.